The summed E-state index contributed by atoms with van der Waals surface area (Å²) in [6, 6.07) is 13.2. The first-order chi connectivity index (χ1) is 9.82. The average molecular weight is 303 g/mol. The number of nitrogens with zero attached hydrogens (tertiary/aromatic N) is 1. The molecule has 0 saturated carbocycles. The zero-order valence-electron chi connectivity index (χ0n) is 11.9. The van der Waals surface area contributed by atoms with Crippen LogP contribution < -0.4 is 10.0 Å². The summed E-state index contributed by atoms with van der Waals surface area (Å²) in [7, 11) is -2.10. The van der Waals surface area contributed by atoms with E-state index in [2.05, 4.69) is 0 Å². The molecule has 0 aliphatic rings. The Kier molecular flexibility index (Phi) is 3.99. The highest BCUT2D eigenvalue weighted by Gasteiger charge is 2.20. The molecule has 0 bridgehead atoms. The Bertz CT molecular complexity index is 751. The summed E-state index contributed by atoms with van der Waals surface area (Å²) < 4.78 is 26.3. The van der Waals surface area contributed by atoms with Gasteiger partial charge in [-0.1, -0.05) is 17.7 Å². The van der Waals surface area contributed by atoms with Gasteiger partial charge in [0.25, 0.3) is 10.0 Å². The van der Waals surface area contributed by atoms with E-state index in [1.807, 2.05) is 6.92 Å². The average Bonchev–Trinajstić information content (AvgIpc) is 2.47. The van der Waals surface area contributed by atoms with Crippen LogP contribution in [0.25, 0.3) is 0 Å². The first-order valence-corrected chi connectivity index (χ1v) is 7.76. The Balaban J connectivity index is 2.35. The van der Waals surface area contributed by atoms with Crippen LogP contribution in [0.3, 0.4) is 0 Å². The lowest BCUT2D eigenvalue weighted by Crippen LogP contribution is -2.26. The zero-order chi connectivity index (χ0) is 15.6. The van der Waals surface area contributed by atoms with Gasteiger partial charge in [0, 0.05) is 12.6 Å². The van der Waals surface area contributed by atoms with Gasteiger partial charge in [0.05, 0.1) is 10.6 Å². The van der Waals surface area contributed by atoms with Crippen molar-refractivity contribution in [2.24, 2.45) is 5.73 Å². The maximum atomic E-state index is 12.5. The molecule has 2 aromatic carbocycles. The smallest absolute Gasteiger partial charge is 0.264 e. The molecule has 6 heteroatoms. The van der Waals surface area contributed by atoms with Crippen molar-refractivity contribution in [3.8, 4) is 0 Å². The zero-order valence-corrected chi connectivity index (χ0v) is 12.7. The van der Waals surface area contributed by atoms with Gasteiger partial charge in [-0.05, 0) is 43.3 Å². The highest BCUT2D eigenvalue weighted by Crippen LogP contribution is 2.22. The second-order valence-electron chi connectivity index (χ2n) is 4.75. The summed E-state index contributed by atoms with van der Waals surface area (Å²) in [5.74, 6) is -0.0504. The summed E-state index contributed by atoms with van der Waals surface area (Å²) in [5, 5.41) is 7.34. The van der Waals surface area contributed by atoms with Gasteiger partial charge in [-0.3, -0.25) is 9.71 Å². The fraction of sp³-hybridized carbons (Fsp3) is 0.133. The first kappa shape index (κ1) is 15.1. The maximum absolute atomic E-state index is 12.5. The van der Waals surface area contributed by atoms with Crippen molar-refractivity contribution in [2.45, 2.75) is 11.8 Å². The first-order valence-electron chi connectivity index (χ1n) is 6.32. The molecular formula is C15H17N3O2S. The van der Waals surface area contributed by atoms with Gasteiger partial charge in [-0.25, -0.2) is 8.42 Å². The van der Waals surface area contributed by atoms with Gasteiger partial charge < -0.3 is 5.73 Å². The molecule has 3 N–H and O–H groups in total. The van der Waals surface area contributed by atoms with Gasteiger partial charge >= 0.3 is 0 Å². The monoisotopic (exact) mass is 303 g/mol. The van der Waals surface area contributed by atoms with Crippen LogP contribution in [0.5, 0.6) is 0 Å². The summed E-state index contributed by atoms with van der Waals surface area (Å²) >= 11 is 0. The predicted octanol–water partition coefficient (Wildman–Crippen LogP) is 2.10. The lowest BCUT2D eigenvalue weighted by atomic mass is 10.2. The van der Waals surface area contributed by atoms with E-state index >= 15 is 0 Å². The van der Waals surface area contributed by atoms with Gasteiger partial charge in [-0.15, -0.1) is 0 Å². The molecule has 110 valence electrons. The van der Waals surface area contributed by atoms with E-state index in [1.165, 1.54) is 11.4 Å². The van der Waals surface area contributed by atoms with E-state index in [9.17, 15) is 8.42 Å². The Labute approximate surface area is 124 Å². The second kappa shape index (κ2) is 5.57. The third kappa shape index (κ3) is 3.05. The van der Waals surface area contributed by atoms with Gasteiger partial charge in [-0.2, -0.15) is 0 Å². The molecule has 2 aromatic rings. The Morgan fingerprint density at radius 3 is 2.05 bits per heavy atom. The number of nitrogen functional groups attached to an aromatic ring is 1. The summed E-state index contributed by atoms with van der Waals surface area (Å²) in [5.41, 5.74) is 7.45. The molecule has 0 amide bonds. The van der Waals surface area contributed by atoms with Gasteiger partial charge in [0.2, 0.25) is 0 Å². The number of anilines is 1. The fourth-order valence-corrected chi connectivity index (χ4v) is 3.05. The van der Waals surface area contributed by atoms with Gasteiger partial charge in [0.1, 0.15) is 5.84 Å². The Hall–Kier alpha value is -2.34. The molecule has 0 spiro atoms. The third-order valence-corrected chi connectivity index (χ3v) is 5.02. The number of amidine groups is 1. The summed E-state index contributed by atoms with van der Waals surface area (Å²) in [4.78, 5) is 0.242. The molecule has 0 unspecified atom stereocenters. The van der Waals surface area contributed by atoms with Crippen LogP contribution in [0.1, 0.15) is 11.1 Å². The molecule has 0 heterocycles. The molecule has 0 fully saturated rings. The quantitative estimate of drug-likeness (QED) is 0.670. The highest BCUT2D eigenvalue weighted by molar-refractivity contribution is 7.92. The predicted molar refractivity (Wildman–Crippen MR) is 84.2 cm³/mol. The van der Waals surface area contributed by atoms with Crippen molar-refractivity contribution in [1.82, 2.24) is 0 Å². The van der Waals surface area contributed by atoms with Crippen molar-refractivity contribution >= 4 is 21.5 Å². The number of nitrogens with two attached hydrogens (primary N) is 1. The van der Waals surface area contributed by atoms with Crippen LogP contribution in [0.4, 0.5) is 5.69 Å². The highest BCUT2D eigenvalue weighted by atomic mass is 32.2. The van der Waals surface area contributed by atoms with Crippen molar-refractivity contribution < 1.29 is 8.42 Å². The van der Waals surface area contributed by atoms with Crippen LogP contribution in [0.2, 0.25) is 0 Å². The van der Waals surface area contributed by atoms with Crippen LogP contribution in [-0.4, -0.2) is 21.3 Å². The van der Waals surface area contributed by atoms with Crippen molar-refractivity contribution in [3.05, 3.63) is 59.7 Å². The standard InChI is InChI=1S/C15H17N3O2S/c1-11-3-9-14(10-4-11)21(19,20)18(2)13-7-5-12(6-8-13)15(16)17/h3-10H,1-2H3,(H3,16,17). The number of hydrogen-bond acceptors (Lipinski definition) is 3. The fourth-order valence-electron chi connectivity index (χ4n) is 1.86. The number of sulfonamides is 1. The minimum atomic E-state index is -3.59. The van der Waals surface area contributed by atoms with E-state index in [1.54, 1.807) is 48.5 Å². The lowest BCUT2D eigenvalue weighted by molar-refractivity contribution is 0.594. The minimum Gasteiger partial charge on any atom is -0.384 e. The second-order valence-corrected chi connectivity index (χ2v) is 6.72. The SMILES string of the molecule is Cc1ccc(S(=O)(=O)N(C)c2ccc(C(=N)N)cc2)cc1. The molecule has 0 atom stereocenters. The van der Waals surface area contributed by atoms with E-state index in [0.29, 0.717) is 11.3 Å². The van der Waals surface area contributed by atoms with E-state index < -0.39 is 10.0 Å². The van der Waals surface area contributed by atoms with Crippen molar-refractivity contribution in [3.63, 3.8) is 0 Å². The Morgan fingerprint density at radius 1 is 1.05 bits per heavy atom. The number of aryl methyl sites for hydroxylation is 1. The molecule has 0 radical (unpaired) electrons. The molecular weight excluding hydrogens is 286 g/mol. The van der Waals surface area contributed by atoms with E-state index in [4.69, 9.17) is 11.1 Å². The largest absolute Gasteiger partial charge is 0.384 e. The molecule has 0 aromatic heterocycles. The number of nitrogens with one attached hydrogen (secondary N) is 1. The molecule has 0 saturated heterocycles. The van der Waals surface area contributed by atoms with Crippen LogP contribution >= 0.6 is 0 Å². The molecule has 0 aliphatic heterocycles. The van der Waals surface area contributed by atoms with Crippen LogP contribution in [0.15, 0.2) is 53.4 Å². The maximum Gasteiger partial charge on any atom is 0.264 e. The minimum absolute atomic E-state index is 0.0504. The van der Waals surface area contributed by atoms with Crippen molar-refractivity contribution in [2.75, 3.05) is 11.4 Å². The third-order valence-electron chi connectivity index (χ3n) is 3.22. The van der Waals surface area contributed by atoms with Crippen LogP contribution in [0, 0.1) is 12.3 Å². The summed E-state index contributed by atoms with van der Waals surface area (Å²) in [6.07, 6.45) is 0. The lowest BCUT2D eigenvalue weighted by Gasteiger charge is -2.19. The van der Waals surface area contributed by atoms with Gasteiger partial charge in [0.15, 0.2) is 0 Å². The van der Waals surface area contributed by atoms with Crippen LogP contribution in [-0.2, 0) is 10.0 Å². The molecule has 0 aliphatic carbocycles. The molecule has 2 rings (SSSR count). The molecule has 21 heavy (non-hydrogen) atoms. The Morgan fingerprint density at radius 2 is 1.57 bits per heavy atom. The number of rotatable bonds is 4. The normalized spacial score (nSPS) is 11.1. The summed E-state index contributed by atoms with van der Waals surface area (Å²) in [6.45, 7) is 1.90. The topological polar surface area (TPSA) is 87.2 Å². The number of hydrogen-bond donors (Lipinski definition) is 2. The van der Waals surface area contributed by atoms with E-state index in [0.717, 1.165) is 5.56 Å². The number of benzene rings is 2. The van der Waals surface area contributed by atoms with E-state index in [-0.39, 0.29) is 10.7 Å². The molecule has 5 nitrogen and oxygen atoms in total. The van der Waals surface area contributed by atoms with Crippen molar-refractivity contribution in [1.29, 1.82) is 5.41 Å².